The molecule has 1 fully saturated rings. The van der Waals surface area contributed by atoms with E-state index in [0.717, 1.165) is 29.7 Å². The Morgan fingerprint density at radius 1 is 1.06 bits per heavy atom. The largest absolute Gasteiger partial charge is 0.496 e. The summed E-state index contributed by atoms with van der Waals surface area (Å²) in [6.07, 6.45) is 1.95. The smallest absolute Gasteiger partial charge is 0.238 e. The lowest BCUT2D eigenvalue weighted by atomic mass is 10.1. The summed E-state index contributed by atoms with van der Waals surface area (Å²) in [6, 6.07) is 21.9. The fourth-order valence-corrected chi connectivity index (χ4v) is 4.86. The normalized spacial score (nSPS) is 13.9. The van der Waals surface area contributed by atoms with E-state index in [0.29, 0.717) is 22.3 Å². The second-order valence-corrected chi connectivity index (χ2v) is 9.58. The lowest BCUT2D eigenvalue weighted by Crippen LogP contribution is -2.30. The number of halogens is 1. The van der Waals surface area contributed by atoms with Gasteiger partial charge >= 0.3 is 0 Å². The molecule has 1 saturated carbocycles. The van der Waals surface area contributed by atoms with Crippen molar-refractivity contribution >= 4 is 17.7 Å². The molecule has 0 aliphatic heterocycles. The number of methoxy groups -OCH3 is 1. The number of benzene rings is 3. The number of rotatable bonds is 8. The zero-order valence-electron chi connectivity index (χ0n) is 19.4. The van der Waals surface area contributed by atoms with Crippen molar-refractivity contribution in [2.45, 2.75) is 36.2 Å². The average Bonchev–Trinajstić information content (AvgIpc) is 3.60. The van der Waals surface area contributed by atoms with Crippen molar-refractivity contribution in [1.29, 1.82) is 0 Å². The molecule has 5 rings (SSSR count). The first-order chi connectivity index (χ1) is 17.0. The van der Waals surface area contributed by atoms with Crippen LogP contribution in [0.5, 0.6) is 5.75 Å². The number of hydrogen-bond donors (Lipinski definition) is 1. The quantitative estimate of drug-likeness (QED) is 0.332. The van der Waals surface area contributed by atoms with Gasteiger partial charge in [0.15, 0.2) is 11.0 Å². The average molecular weight is 489 g/mol. The molecule has 1 aromatic heterocycles. The topological polar surface area (TPSA) is 69.0 Å². The molecule has 35 heavy (non-hydrogen) atoms. The third-order valence-electron chi connectivity index (χ3n) is 5.83. The Bertz CT molecular complexity index is 1330. The van der Waals surface area contributed by atoms with E-state index in [1.54, 1.807) is 19.2 Å². The minimum Gasteiger partial charge on any atom is -0.496 e. The minimum absolute atomic E-state index is 0.124. The Labute approximate surface area is 207 Å². The maximum atomic E-state index is 13.6. The summed E-state index contributed by atoms with van der Waals surface area (Å²) in [5.41, 5.74) is 3.48. The third kappa shape index (κ3) is 5.07. The highest BCUT2D eigenvalue weighted by molar-refractivity contribution is 8.00. The van der Waals surface area contributed by atoms with Crippen molar-refractivity contribution in [3.63, 3.8) is 0 Å². The first-order valence-corrected chi connectivity index (χ1v) is 12.3. The van der Waals surface area contributed by atoms with Crippen LogP contribution in [0.1, 0.15) is 29.2 Å². The van der Waals surface area contributed by atoms with Crippen molar-refractivity contribution in [1.82, 2.24) is 20.1 Å². The number of carbonyl (C=O) groups excluding carboxylic acids is 1. The molecule has 3 aromatic carbocycles. The van der Waals surface area contributed by atoms with Crippen molar-refractivity contribution in [2.24, 2.45) is 0 Å². The van der Waals surface area contributed by atoms with E-state index in [1.807, 2.05) is 60.0 Å². The van der Waals surface area contributed by atoms with Crippen LogP contribution in [-0.4, -0.2) is 33.8 Å². The van der Waals surface area contributed by atoms with Crippen molar-refractivity contribution < 1.29 is 13.9 Å². The van der Waals surface area contributed by atoms with Gasteiger partial charge in [0.25, 0.3) is 0 Å². The molecule has 1 unspecified atom stereocenters. The van der Waals surface area contributed by atoms with Crippen LogP contribution in [0, 0.1) is 12.7 Å². The van der Waals surface area contributed by atoms with Crippen LogP contribution in [0.2, 0.25) is 0 Å². The summed E-state index contributed by atoms with van der Waals surface area (Å²) < 4.78 is 21.1. The number of hydrogen-bond acceptors (Lipinski definition) is 5. The van der Waals surface area contributed by atoms with Gasteiger partial charge in [0.05, 0.1) is 12.7 Å². The van der Waals surface area contributed by atoms with Gasteiger partial charge in [0.2, 0.25) is 5.91 Å². The lowest BCUT2D eigenvalue weighted by molar-refractivity contribution is -0.120. The molecule has 178 valence electrons. The number of thioether (sulfide) groups is 1. The van der Waals surface area contributed by atoms with Crippen LogP contribution < -0.4 is 10.1 Å². The number of aryl methyl sites for hydroxylation is 1. The van der Waals surface area contributed by atoms with Gasteiger partial charge in [0, 0.05) is 11.7 Å². The number of amides is 1. The number of nitrogens with one attached hydrogen (secondary N) is 1. The Morgan fingerprint density at radius 2 is 1.77 bits per heavy atom. The monoisotopic (exact) mass is 488 g/mol. The Hall–Kier alpha value is -3.65. The van der Waals surface area contributed by atoms with Gasteiger partial charge in [-0.25, -0.2) is 4.39 Å². The van der Waals surface area contributed by atoms with Crippen LogP contribution in [0.3, 0.4) is 0 Å². The lowest BCUT2D eigenvalue weighted by Gasteiger charge is -2.18. The third-order valence-corrected chi connectivity index (χ3v) is 7.03. The van der Waals surface area contributed by atoms with E-state index in [2.05, 4.69) is 15.5 Å². The fourth-order valence-electron chi connectivity index (χ4n) is 3.80. The van der Waals surface area contributed by atoms with Gasteiger partial charge in [-0.3, -0.25) is 9.36 Å². The Balaban J connectivity index is 1.60. The summed E-state index contributed by atoms with van der Waals surface area (Å²) in [5.74, 6) is 0.809. The Kier molecular flexibility index (Phi) is 6.55. The number of carbonyl (C=O) groups is 1. The van der Waals surface area contributed by atoms with E-state index >= 15 is 0 Å². The second kappa shape index (κ2) is 9.92. The Morgan fingerprint density at radius 3 is 2.46 bits per heavy atom. The van der Waals surface area contributed by atoms with Gasteiger partial charge in [-0.05, 0) is 61.7 Å². The second-order valence-electron chi connectivity index (χ2n) is 8.51. The molecule has 1 N–H and O–H groups in total. The predicted molar refractivity (Wildman–Crippen MR) is 134 cm³/mol. The number of ether oxygens (including phenoxy) is 1. The molecule has 1 atom stereocenters. The van der Waals surface area contributed by atoms with Crippen LogP contribution in [0.15, 0.2) is 78.0 Å². The van der Waals surface area contributed by atoms with Gasteiger partial charge in [-0.1, -0.05) is 53.7 Å². The van der Waals surface area contributed by atoms with Crippen molar-refractivity contribution in [3.05, 3.63) is 89.7 Å². The molecule has 4 aromatic rings. The summed E-state index contributed by atoms with van der Waals surface area (Å²) >= 11 is 1.29. The molecule has 0 saturated heterocycles. The van der Waals surface area contributed by atoms with Crippen LogP contribution >= 0.6 is 11.8 Å². The molecule has 0 bridgehead atoms. The molecule has 1 aliphatic carbocycles. The van der Waals surface area contributed by atoms with Crippen molar-refractivity contribution in [2.75, 3.05) is 7.11 Å². The fraction of sp³-hybridized carbons (Fsp3) is 0.222. The van der Waals surface area contributed by atoms with Crippen LogP contribution in [-0.2, 0) is 4.79 Å². The molecule has 8 heteroatoms. The zero-order chi connectivity index (χ0) is 24.4. The van der Waals surface area contributed by atoms with Crippen LogP contribution in [0.25, 0.3) is 17.1 Å². The van der Waals surface area contributed by atoms with Gasteiger partial charge < -0.3 is 10.1 Å². The standard InChI is InChI=1S/C27H25FN4O2S/c1-17-7-15-21(16-8-17)32-25(22-5-3-4-6-23(22)34-2)30-31-27(32)35-24(26(33)29-20-13-14-20)18-9-11-19(28)12-10-18/h3-12,15-16,20,24H,13-14H2,1-2H3,(H,29,33). The summed E-state index contributed by atoms with van der Waals surface area (Å²) in [5, 5.41) is 12.0. The molecule has 0 spiro atoms. The van der Waals surface area contributed by atoms with E-state index in [9.17, 15) is 9.18 Å². The zero-order valence-corrected chi connectivity index (χ0v) is 20.3. The molecule has 6 nitrogen and oxygen atoms in total. The summed E-state index contributed by atoms with van der Waals surface area (Å²) in [7, 11) is 1.62. The molecule has 1 aliphatic rings. The number of aromatic nitrogens is 3. The first kappa shape index (κ1) is 23.1. The highest BCUT2D eigenvalue weighted by Crippen LogP contribution is 2.39. The molecular weight excluding hydrogens is 463 g/mol. The number of nitrogens with zero attached hydrogens (tertiary/aromatic N) is 3. The SMILES string of the molecule is COc1ccccc1-c1nnc(SC(C(=O)NC2CC2)c2ccc(F)cc2)n1-c1ccc(C)cc1. The molecule has 0 radical (unpaired) electrons. The number of para-hydroxylation sites is 1. The summed E-state index contributed by atoms with van der Waals surface area (Å²) in [4.78, 5) is 13.2. The molecular formula is C27H25FN4O2S. The van der Waals surface area contributed by atoms with Gasteiger partial charge in [-0.15, -0.1) is 10.2 Å². The van der Waals surface area contributed by atoms with E-state index in [1.165, 1.54) is 23.9 Å². The molecule has 1 heterocycles. The van der Waals surface area contributed by atoms with E-state index in [-0.39, 0.29) is 17.8 Å². The highest BCUT2D eigenvalue weighted by atomic mass is 32.2. The first-order valence-electron chi connectivity index (χ1n) is 11.4. The predicted octanol–water partition coefficient (Wildman–Crippen LogP) is 5.50. The minimum atomic E-state index is -0.616. The maximum absolute atomic E-state index is 13.6. The van der Waals surface area contributed by atoms with Gasteiger partial charge in [-0.2, -0.15) is 0 Å². The van der Waals surface area contributed by atoms with Crippen LogP contribution in [0.4, 0.5) is 4.39 Å². The highest BCUT2D eigenvalue weighted by Gasteiger charge is 2.31. The molecule has 1 amide bonds. The van der Waals surface area contributed by atoms with E-state index < -0.39 is 5.25 Å². The van der Waals surface area contributed by atoms with Crippen molar-refractivity contribution in [3.8, 4) is 22.8 Å². The van der Waals surface area contributed by atoms with E-state index in [4.69, 9.17) is 4.74 Å². The summed E-state index contributed by atoms with van der Waals surface area (Å²) in [6.45, 7) is 2.03. The maximum Gasteiger partial charge on any atom is 0.238 e. The van der Waals surface area contributed by atoms with Gasteiger partial charge in [0.1, 0.15) is 16.8 Å².